The number of furan rings is 1. The summed E-state index contributed by atoms with van der Waals surface area (Å²) in [5, 5.41) is 1.95. The van der Waals surface area contributed by atoms with Crippen molar-refractivity contribution in [1.29, 1.82) is 0 Å². The van der Waals surface area contributed by atoms with Gasteiger partial charge in [-0.25, -0.2) is 4.98 Å². The van der Waals surface area contributed by atoms with Crippen molar-refractivity contribution in [2.24, 2.45) is 5.92 Å². The molecule has 7 aromatic carbocycles. The maximum Gasteiger partial charge on any atom is 0.216 e. The van der Waals surface area contributed by atoms with Gasteiger partial charge in [0, 0.05) is 42.2 Å². The molecule has 0 aliphatic rings. The summed E-state index contributed by atoms with van der Waals surface area (Å²) in [5.41, 5.74) is 17.6. The van der Waals surface area contributed by atoms with E-state index in [1.807, 2.05) is 30.3 Å². The summed E-state index contributed by atoms with van der Waals surface area (Å²) in [6, 6.07) is 67.7. The van der Waals surface area contributed by atoms with Gasteiger partial charge in [0.25, 0.3) is 0 Å². The third kappa shape index (κ3) is 9.54. The van der Waals surface area contributed by atoms with Crippen LogP contribution in [0.2, 0.25) is 17.3 Å². The number of imidazole rings is 1. The molecular formula is C62H54GeIrN4O-2. The summed E-state index contributed by atoms with van der Waals surface area (Å²) in [5.74, 6) is 8.75. The molecule has 1 radical (unpaired) electrons. The zero-order valence-corrected chi connectivity index (χ0v) is 44.6. The molecule has 0 atom stereocenters. The molecule has 11 aromatic rings. The predicted octanol–water partition coefficient (Wildman–Crippen LogP) is 15.7. The average molecular weight is 1140 g/mol. The van der Waals surface area contributed by atoms with Crippen molar-refractivity contribution in [1.82, 2.24) is 19.5 Å². The first-order valence-electron chi connectivity index (χ1n) is 23.5. The van der Waals surface area contributed by atoms with Crippen molar-refractivity contribution in [3.63, 3.8) is 0 Å². The van der Waals surface area contributed by atoms with Crippen LogP contribution in [0.3, 0.4) is 0 Å². The van der Waals surface area contributed by atoms with Crippen LogP contribution in [0.5, 0.6) is 0 Å². The van der Waals surface area contributed by atoms with E-state index in [1.165, 1.54) is 16.7 Å². The molecule has 0 saturated carbocycles. The van der Waals surface area contributed by atoms with Gasteiger partial charge in [0.15, 0.2) is 0 Å². The molecule has 0 aliphatic carbocycles. The Labute approximate surface area is 422 Å². The Morgan fingerprint density at radius 3 is 1.93 bits per heavy atom. The maximum absolute atomic E-state index is 6.70. The number of fused-ring (bicyclic) bond motifs is 4. The Morgan fingerprint density at radius 2 is 1.28 bits per heavy atom. The first-order valence-corrected chi connectivity index (χ1v) is 30.9. The predicted molar refractivity (Wildman–Crippen MR) is 286 cm³/mol. The third-order valence-corrected chi connectivity index (χ3v) is 17.0. The molecule has 69 heavy (non-hydrogen) atoms. The van der Waals surface area contributed by atoms with Crippen molar-refractivity contribution in [2.75, 3.05) is 0 Å². The van der Waals surface area contributed by atoms with Gasteiger partial charge in [-0.3, -0.25) is 4.98 Å². The Balaban J connectivity index is 0.000000238. The molecule has 0 aliphatic heterocycles. The van der Waals surface area contributed by atoms with E-state index in [9.17, 15) is 0 Å². The number of aromatic nitrogens is 4. The monoisotopic (exact) mass is 1140 g/mol. The molecule has 0 amide bonds. The van der Waals surface area contributed by atoms with Crippen LogP contribution < -0.4 is 4.40 Å². The number of hydrogen-bond donors (Lipinski definition) is 0. The topological polar surface area (TPSA) is 56.7 Å². The first kappa shape index (κ1) is 47.4. The third-order valence-electron chi connectivity index (χ3n) is 12.7. The van der Waals surface area contributed by atoms with Crippen LogP contribution in [0, 0.1) is 31.9 Å². The number of rotatable bonds is 9. The van der Waals surface area contributed by atoms with Gasteiger partial charge in [-0.2, -0.15) is 0 Å². The minimum atomic E-state index is -1.86. The van der Waals surface area contributed by atoms with Crippen LogP contribution in [0.15, 0.2) is 187 Å². The fraction of sp³-hybridized carbons (Fsp3) is 0.145. The maximum atomic E-state index is 6.70. The summed E-state index contributed by atoms with van der Waals surface area (Å²) in [4.78, 5) is 15.1. The Hall–Kier alpha value is -6.70. The van der Waals surface area contributed by atoms with E-state index >= 15 is 0 Å². The number of hydrogen-bond acceptors (Lipinski definition) is 4. The SMILES string of the molecule is CC(C)Cc1cc(-c2[c-]cccc2)nc[c]1[Ge]([CH3])([CH3])[CH3].Cc1cccc(C)c1-c1ccc2c(n1)oc1c(-c3nc4ccccc4n3-c3c(-c4ccccc4)cccc3-c3ccccc3)[c-]ccc12.[Ir]. The quantitative estimate of drug-likeness (QED) is 0.107. The van der Waals surface area contributed by atoms with Gasteiger partial charge in [-0.05, 0) is 60.4 Å². The van der Waals surface area contributed by atoms with Crippen molar-refractivity contribution in [3.8, 4) is 61.8 Å². The van der Waals surface area contributed by atoms with Gasteiger partial charge in [-0.1, -0.05) is 120 Å². The standard InChI is InChI=1S/C44H30N3O.C18H24GeN.Ir/c1-28-14-11-15-29(2)40(28)38-27-26-35-34-22-13-23-36(42(34)48-44(35)46-38)43-45-37-24-9-10-25-39(37)47(43)41-32(30-16-5-3-6-17-30)20-12-21-33(41)31-18-7-4-8-19-31;1-14(2)11-16-12-18(15-9-7-6-8-10-15)20-13-17(16)19(3,4)5;/h3-22,24-27H,1-2H3;6-9,12-14H,11H2,1-5H3;/q2*-1;. The Kier molecular flexibility index (Phi) is 13.8. The molecule has 0 bridgehead atoms. The molecule has 0 saturated heterocycles. The van der Waals surface area contributed by atoms with E-state index in [1.54, 1.807) is 4.40 Å². The van der Waals surface area contributed by atoms with Crippen molar-refractivity contribution in [3.05, 3.63) is 211 Å². The second-order valence-corrected chi connectivity index (χ2v) is 29.6. The van der Waals surface area contributed by atoms with E-state index in [2.05, 4.69) is 213 Å². The zero-order chi connectivity index (χ0) is 46.9. The van der Waals surface area contributed by atoms with Gasteiger partial charge >= 0.3 is 126 Å². The number of pyridine rings is 2. The summed E-state index contributed by atoms with van der Waals surface area (Å²) >= 11 is -1.86. The summed E-state index contributed by atoms with van der Waals surface area (Å²) < 4.78 is 10.5. The molecule has 7 heteroatoms. The molecule has 4 heterocycles. The van der Waals surface area contributed by atoms with Crippen LogP contribution in [-0.2, 0) is 26.5 Å². The Bertz CT molecular complexity index is 3500. The molecule has 0 spiro atoms. The molecule has 343 valence electrons. The minimum Gasteiger partial charge on any atom is -0.486 e. The molecule has 4 aromatic heterocycles. The second-order valence-electron chi connectivity index (χ2n) is 19.1. The van der Waals surface area contributed by atoms with Gasteiger partial charge in [-0.15, -0.1) is 18.2 Å². The number of nitrogens with zero attached hydrogens (tertiary/aromatic N) is 4. The van der Waals surface area contributed by atoms with Crippen LogP contribution in [0.25, 0.3) is 94.9 Å². The second kappa shape index (κ2) is 20.1. The van der Waals surface area contributed by atoms with E-state index < -0.39 is 13.3 Å². The van der Waals surface area contributed by atoms with Gasteiger partial charge < -0.3 is 8.98 Å². The summed E-state index contributed by atoms with van der Waals surface area (Å²) in [6.45, 7) is 8.82. The van der Waals surface area contributed by atoms with Gasteiger partial charge in [0.1, 0.15) is 0 Å². The Morgan fingerprint density at radius 1 is 0.623 bits per heavy atom. The van der Waals surface area contributed by atoms with Gasteiger partial charge in [0.05, 0.1) is 33.8 Å². The largest absolute Gasteiger partial charge is 0.486 e. The van der Waals surface area contributed by atoms with Gasteiger partial charge in [0.2, 0.25) is 5.71 Å². The fourth-order valence-electron chi connectivity index (χ4n) is 9.53. The summed E-state index contributed by atoms with van der Waals surface area (Å²) in [7, 11) is 0. The van der Waals surface area contributed by atoms with Crippen LogP contribution >= 0.6 is 0 Å². The molecule has 0 fully saturated rings. The summed E-state index contributed by atoms with van der Waals surface area (Å²) in [6.07, 6.45) is 3.27. The molecule has 11 rings (SSSR count). The minimum absolute atomic E-state index is 0. The number of aryl methyl sites for hydroxylation is 2. The van der Waals surface area contributed by atoms with E-state index in [4.69, 9.17) is 19.4 Å². The van der Waals surface area contributed by atoms with E-state index in [0.717, 1.165) is 90.1 Å². The zero-order valence-electron chi connectivity index (χ0n) is 40.1. The van der Waals surface area contributed by atoms with Crippen molar-refractivity contribution >= 4 is 50.8 Å². The van der Waals surface area contributed by atoms with Crippen LogP contribution in [0.4, 0.5) is 0 Å². The molecular weight excluding hydrogens is 1080 g/mol. The molecule has 0 N–H and O–H groups in total. The van der Waals surface area contributed by atoms with E-state index in [-0.39, 0.29) is 20.1 Å². The molecule has 5 nitrogen and oxygen atoms in total. The number of benzene rings is 7. The van der Waals surface area contributed by atoms with Crippen molar-refractivity contribution in [2.45, 2.75) is 51.4 Å². The smallest absolute Gasteiger partial charge is 0.216 e. The fourth-order valence-corrected chi connectivity index (χ4v) is 12.9. The van der Waals surface area contributed by atoms with Crippen LogP contribution in [0.1, 0.15) is 30.5 Å². The molecule has 0 unspecified atom stereocenters. The number of para-hydroxylation sites is 3. The van der Waals surface area contributed by atoms with Crippen LogP contribution in [-0.4, -0.2) is 32.8 Å². The van der Waals surface area contributed by atoms with Crippen molar-refractivity contribution < 1.29 is 24.5 Å². The van der Waals surface area contributed by atoms with E-state index in [0.29, 0.717) is 17.2 Å². The first-order chi connectivity index (χ1) is 33.0. The average Bonchev–Trinajstić information content (AvgIpc) is 3.93. The normalized spacial score (nSPS) is 11.5.